The summed E-state index contributed by atoms with van der Waals surface area (Å²) in [5.74, 6) is 0.836. The summed E-state index contributed by atoms with van der Waals surface area (Å²) < 4.78 is 10.7. The normalized spacial score (nSPS) is 10.5. The first kappa shape index (κ1) is 17.0. The standard InChI is InChI=1S/C19H17ClN2O3/c1-12-6-7-13-4-3-5-17(19(13)21-12)25-11-18(23)22-14-8-9-16(24-2)15(20)10-14/h3-10H,11H2,1-2H3,(H,22,23). The number of hydrogen-bond acceptors (Lipinski definition) is 4. The van der Waals surface area contributed by atoms with Crippen molar-refractivity contribution in [1.29, 1.82) is 0 Å². The third-order valence-electron chi connectivity index (χ3n) is 3.62. The predicted octanol–water partition coefficient (Wildman–Crippen LogP) is 4.22. The molecule has 1 heterocycles. The van der Waals surface area contributed by atoms with Gasteiger partial charge < -0.3 is 14.8 Å². The number of aromatic nitrogens is 1. The Morgan fingerprint density at radius 3 is 2.76 bits per heavy atom. The molecule has 25 heavy (non-hydrogen) atoms. The van der Waals surface area contributed by atoms with Crippen molar-refractivity contribution >= 4 is 34.1 Å². The topological polar surface area (TPSA) is 60.5 Å². The highest BCUT2D eigenvalue weighted by atomic mass is 35.5. The molecule has 1 aromatic heterocycles. The zero-order valence-electron chi connectivity index (χ0n) is 13.9. The first-order chi connectivity index (χ1) is 12.1. The van der Waals surface area contributed by atoms with Gasteiger partial charge in [0.05, 0.1) is 12.1 Å². The van der Waals surface area contributed by atoms with Gasteiger partial charge in [-0.2, -0.15) is 0 Å². The molecular weight excluding hydrogens is 340 g/mol. The van der Waals surface area contributed by atoms with Gasteiger partial charge in [-0.25, -0.2) is 4.98 Å². The number of benzene rings is 2. The number of amides is 1. The number of hydrogen-bond donors (Lipinski definition) is 1. The van der Waals surface area contributed by atoms with Crippen LogP contribution in [0.5, 0.6) is 11.5 Å². The maximum atomic E-state index is 12.1. The van der Waals surface area contributed by atoms with Crippen LogP contribution >= 0.6 is 11.6 Å². The maximum Gasteiger partial charge on any atom is 0.262 e. The molecule has 1 N–H and O–H groups in total. The second-order valence-electron chi connectivity index (χ2n) is 5.47. The molecule has 3 aromatic rings. The van der Waals surface area contributed by atoms with Gasteiger partial charge in [-0.1, -0.05) is 29.8 Å². The number of fused-ring (bicyclic) bond motifs is 1. The molecule has 2 aromatic carbocycles. The van der Waals surface area contributed by atoms with Gasteiger partial charge in [-0.3, -0.25) is 4.79 Å². The van der Waals surface area contributed by atoms with Crippen molar-refractivity contribution in [3.63, 3.8) is 0 Å². The average molecular weight is 357 g/mol. The van der Waals surface area contributed by atoms with Crippen molar-refractivity contribution in [1.82, 2.24) is 4.98 Å². The number of halogens is 1. The van der Waals surface area contributed by atoms with Gasteiger partial charge in [-0.15, -0.1) is 0 Å². The summed E-state index contributed by atoms with van der Waals surface area (Å²) in [7, 11) is 1.53. The second-order valence-corrected chi connectivity index (χ2v) is 5.87. The summed E-state index contributed by atoms with van der Waals surface area (Å²) in [6.07, 6.45) is 0. The number of nitrogens with zero attached hydrogens (tertiary/aromatic N) is 1. The van der Waals surface area contributed by atoms with E-state index in [0.29, 0.717) is 22.2 Å². The van der Waals surface area contributed by atoms with Crippen LogP contribution in [0.2, 0.25) is 5.02 Å². The van der Waals surface area contributed by atoms with Crippen LogP contribution < -0.4 is 14.8 Å². The third kappa shape index (κ3) is 4.00. The molecule has 5 nitrogen and oxygen atoms in total. The molecule has 0 atom stereocenters. The lowest BCUT2D eigenvalue weighted by Gasteiger charge is -2.10. The zero-order valence-corrected chi connectivity index (χ0v) is 14.6. The molecule has 0 aliphatic carbocycles. The van der Waals surface area contributed by atoms with Crippen LogP contribution in [0.4, 0.5) is 5.69 Å². The fraction of sp³-hybridized carbons (Fsp3) is 0.158. The predicted molar refractivity (Wildman–Crippen MR) is 98.6 cm³/mol. The van der Waals surface area contributed by atoms with E-state index in [0.717, 1.165) is 16.6 Å². The molecular formula is C19H17ClN2O3. The molecule has 0 unspecified atom stereocenters. The molecule has 0 saturated carbocycles. The van der Waals surface area contributed by atoms with Gasteiger partial charge >= 0.3 is 0 Å². The number of methoxy groups -OCH3 is 1. The van der Waals surface area contributed by atoms with Crippen LogP contribution in [0.25, 0.3) is 10.9 Å². The molecule has 3 rings (SSSR count). The van der Waals surface area contributed by atoms with Crippen molar-refractivity contribution < 1.29 is 14.3 Å². The maximum absolute atomic E-state index is 12.1. The summed E-state index contributed by atoms with van der Waals surface area (Å²) in [6, 6.07) is 14.6. The number of nitrogens with one attached hydrogen (secondary N) is 1. The van der Waals surface area contributed by atoms with E-state index < -0.39 is 0 Å². The minimum atomic E-state index is -0.286. The van der Waals surface area contributed by atoms with E-state index in [-0.39, 0.29) is 12.5 Å². The minimum absolute atomic E-state index is 0.127. The van der Waals surface area contributed by atoms with Crippen molar-refractivity contribution in [2.45, 2.75) is 6.92 Å². The Morgan fingerprint density at radius 2 is 2.00 bits per heavy atom. The molecule has 0 aliphatic rings. The number of pyridine rings is 1. The highest BCUT2D eigenvalue weighted by molar-refractivity contribution is 6.32. The van der Waals surface area contributed by atoms with Crippen LogP contribution in [0.15, 0.2) is 48.5 Å². The summed E-state index contributed by atoms with van der Waals surface area (Å²) in [6.45, 7) is 1.79. The lowest BCUT2D eigenvalue weighted by atomic mass is 10.2. The van der Waals surface area contributed by atoms with Crippen molar-refractivity contribution in [3.05, 3.63) is 59.2 Å². The van der Waals surface area contributed by atoms with Gasteiger partial charge in [0.15, 0.2) is 6.61 Å². The zero-order chi connectivity index (χ0) is 17.8. The Hall–Kier alpha value is -2.79. The fourth-order valence-corrected chi connectivity index (χ4v) is 2.68. The highest BCUT2D eigenvalue weighted by Crippen LogP contribution is 2.27. The van der Waals surface area contributed by atoms with Crippen molar-refractivity contribution in [2.24, 2.45) is 0 Å². The van der Waals surface area contributed by atoms with E-state index in [1.807, 2.05) is 31.2 Å². The van der Waals surface area contributed by atoms with Gasteiger partial charge in [0.25, 0.3) is 5.91 Å². The number of anilines is 1. The number of para-hydroxylation sites is 1. The number of carbonyl (C=O) groups excluding carboxylic acids is 1. The van der Waals surface area contributed by atoms with E-state index in [9.17, 15) is 4.79 Å². The molecule has 0 bridgehead atoms. The molecule has 0 radical (unpaired) electrons. The first-order valence-corrected chi connectivity index (χ1v) is 8.07. The third-order valence-corrected chi connectivity index (χ3v) is 3.91. The largest absolute Gasteiger partial charge is 0.495 e. The molecule has 1 amide bonds. The van der Waals surface area contributed by atoms with Crippen molar-refractivity contribution in [3.8, 4) is 11.5 Å². The van der Waals surface area contributed by atoms with E-state index in [4.69, 9.17) is 21.1 Å². The molecule has 128 valence electrons. The van der Waals surface area contributed by atoms with Crippen LogP contribution in [0, 0.1) is 6.92 Å². The van der Waals surface area contributed by atoms with Crippen molar-refractivity contribution in [2.75, 3.05) is 19.0 Å². The summed E-state index contributed by atoms with van der Waals surface area (Å²) in [5.41, 5.74) is 2.20. The van der Waals surface area contributed by atoms with E-state index in [1.165, 1.54) is 7.11 Å². The Kier molecular flexibility index (Phi) is 5.05. The Bertz CT molecular complexity index is 928. The van der Waals surface area contributed by atoms with Gasteiger partial charge in [0, 0.05) is 16.8 Å². The quantitative estimate of drug-likeness (QED) is 0.743. The summed E-state index contributed by atoms with van der Waals surface area (Å²) in [5, 5.41) is 4.13. The van der Waals surface area contributed by atoms with Crippen LogP contribution in [-0.4, -0.2) is 24.6 Å². The molecule has 0 fully saturated rings. The lowest BCUT2D eigenvalue weighted by molar-refractivity contribution is -0.118. The number of carbonyl (C=O) groups is 1. The Morgan fingerprint density at radius 1 is 1.16 bits per heavy atom. The monoisotopic (exact) mass is 356 g/mol. The number of rotatable bonds is 5. The summed E-state index contributed by atoms with van der Waals surface area (Å²) >= 11 is 6.05. The smallest absolute Gasteiger partial charge is 0.262 e. The number of aryl methyl sites for hydroxylation is 1. The van der Waals surface area contributed by atoms with Gasteiger partial charge in [0.2, 0.25) is 0 Å². The molecule has 0 saturated heterocycles. The minimum Gasteiger partial charge on any atom is -0.495 e. The fourth-order valence-electron chi connectivity index (χ4n) is 2.42. The highest BCUT2D eigenvalue weighted by Gasteiger charge is 2.09. The van der Waals surface area contributed by atoms with E-state index >= 15 is 0 Å². The summed E-state index contributed by atoms with van der Waals surface area (Å²) in [4.78, 5) is 16.6. The van der Waals surface area contributed by atoms with E-state index in [2.05, 4.69) is 10.3 Å². The number of ether oxygens (including phenoxy) is 2. The average Bonchev–Trinajstić information content (AvgIpc) is 2.60. The molecule has 0 spiro atoms. The van der Waals surface area contributed by atoms with E-state index in [1.54, 1.807) is 24.3 Å². The van der Waals surface area contributed by atoms with Crippen LogP contribution in [0.3, 0.4) is 0 Å². The molecule has 6 heteroatoms. The SMILES string of the molecule is COc1ccc(NC(=O)COc2cccc3ccc(C)nc23)cc1Cl. The first-order valence-electron chi connectivity index (χ1n) is 7.69. The Balaban J connectivity index is 1.68. The van der Waals surface area contributed by atoms with Crippen LogP contribution in [0.1, 0.15) is 5.69 Å². The van der Waals surface area contributed by atoms with Crippen LogP contribution in [-0.2, 0) is 4.79 Å². The van der Waals surface area contributed by atoms with Gasteiger partial charge in [0.1, 0.15) is 17.0 Å². The molecule has 0 aliphatic heterocycles. The van der Waals surface area contributed by atoms with Gasteiger partial charge in [-0.05, 0) is 37.3 Å². The second kappa shape index (κ2) is 7.40. The Labute approximate surface area is 150 Å². The lowest BCUT2D eigenvalue weighted by Crippen LogP contribution is -2.20.